The van der Waals surface area contributed by atoms with Crippen LogP contribution in [-0.4, -0.2) is 25.2 Å². The van der Waals surface area contributed by atoms with Crippen molar-refractivity contribution in [2.75, 3.05) is 25.2 Å². The van der Waals surface area contributed by atoms with E-state index in [9.17, 15) is 0 Å². The third kappa shape index (κ3) is 10.1. The molecule has 0 saturated heterocycles. The van der Waals surface area contributed by atoms with Crippen LogP contribution in [0.15, 0.2) is 0 Å². The number of hydrogen-bond acceptors (Lipinski definition) is 0. The SMILES string of the molecule is CCCCC[PH](C)(CCCCC)CCCCC. The van der Waals surface area contributed by atoms with E-state index in [1.165, 1.54) is 57.8 Å². The predicted molar refractivity (Wildman–Crippen MR) is 87.4 cm³/mol. The van der Waals surface area contributed by atoms with Crippen LogP contribution < -0.4 is 0 Å². The second-order valence-electron chi connectivity index (χ2n) is 6.18. The van der Waals surface area contributed by atoms with Crippen LogP contribution in [0, 0.1) is 0 Å². The van der Waals surface area contributed by atoms with Gasteiger partial charge in [-0.3, -0.25) is 0 Å². The first-order valence-corrected chi connectivity index (χ1v) is 11.3. The number of unbranched alkanes of at least 4 members (excludes halogenated alkanes) is 6. The van der Waals surface area contributed by atoms with Crippen LogP contribution >= 0.6 is 7.26 Å². The quantitative estimate of drug-likeness (QED) is 0.301. The Labute approximate surface area is 111 Å². The van der Waals surface area contributed by atoms with Crippen LogP contribution in [0.1, 0.15) is 78.6 Å². The molecule has 0 aromatic rings. The molecule has 0 aliphatic heterocycles. The summed E-state index contributed by atoms with van der Waals surface area (Å²) in [7, 11) is -0.861. The first-order valence-electron chi connectivity index (χ1n) is 8.18. The van der Waals surface area contributed by atoms with Gasteiger partial charge >= 0.3 is 111 Å². The van der Waals surface area contributed by atoms with Crippen molar-refractivity contribution in [3.8, 4) is 0 Å². The molecule has 0 aliphatic carbocycles. The van der Waals surface area contributed by atoms with Gasteiger partial charge in [-0.15, -0.1) is 0 Å². The summed E-state index contributed by atoms with van der Waals surface area (Å²) in [5.74, 6) is 0. The Hall–Kier alpha value is 0.430. The summed E-state index contributed by atoms with van der Waals surface area (Å²) in [4.78, 5) is 0. The van der Waals surface area contributed by atoms with Gasteiger partial charge in [0.1, 0.15) is 0 Å². The summed E-state index contributed by atoms with van der Waals surface area (Å²) in [6.07, 6.45) is 17.9. The van der Waals surface area contributed by atoms with Gasteiger partial charge < -0.3 is 0 Å². The van der Waals surface area contributed by atoms with E-state index in [0.717, 1.165) is 0 Å². The third-order valence-corrected chi connectivity index (χ3v) is 8.83. The van der Waals surface area contributed by atoms with E-state index in [4.69, 9.17) is 0 Å². The molecule has 0 aromatic carbocycles. The zero-order valence-corrected chi connectivity index (χ0v) is 14.0. The predicted octanol–water partition coefficient (Wildman–Crippen LogP) is 5.94. The molecule has 0 amide bonds. The minimum absolute atomic E-state index is 0.861. The molecule has 0 spiro atoms. The maximum atomic E-state index is 2.69. The molecule has 0 fully saturated rings. The van der Waals surface area contributed by atoms with Gasteiger partial charge in [-0.05, 0) is 0 Å². The minimum atomic E-state index is -0.861. The molecule has 0 radical (unpaired) electrons. The van der Waals surface area contributed by atoms with Crippen LogP contribution in [0.25, 0.3) is 0 Å². The summed E-state index contributed by atoms with van der Waals surface area (Å²) in [6, 6.07) is 0. The van der Waals surface area contributed by atoms with Crippen molar-refractivity contribution in [2.45, 2.75) is 78.6 Å². The van der Waals surface area contributed by atoms with Crippen LogP contribution in [-0.2, 0) is 0 Å². The molecule has 0 aliphatic rings. The number of hydrogen-bond donors (Lipinski definition) is 0. The van der Waals surface area contributed by atoms with Gasteiger partial charge in [0, 0.05) is 0 Å². The van der Waals surface area contributed by atoms with Crippen molar-refractivity contribution in [1.82, 2.24) is 0 Å². The zero-order chi connectivity index (χ0) is 13.0. The molecule has 106 valence electrons. The van der Waals surface area contributed by atoms with Gasteiger partial charge in [0.05, 0.1) is 0 Å². The molecule has 0 saturated carbocycles. The standard InChI is InChI=1S/C16H37P/c1-5-8-11-14-17(4,15-12-9-6-2)16-13-10-7-3/h17H,5-16H2,1-4H3. The van der Waals surface area contributed by atoms with Crippen molar-refractivity contribution < 1.29 is 0 Å². The van der Waals surface area contributed by atoms with Crippen molar-refractivity contribution in [3.63, 3.8) is 0 Å². The van der Waals surface area contributed by atoms with E-state index in [1.54, 1.807) is 18.5 Å². The summed E-state index contributed by atoms with van der Waals surface area (Å²) in [5.41, 5.74) is 0. The van der Waals surface area contributed by atoms with E-state index in [0.29, 0.717) is 0 Å². The Bertz CT molecular complexity index is 127. The Morgan fingerprint density at radius 3 is 1.06 bits per heavy atom. The summed E-state index contributed by atoms with van der Waals surface area (Å²) in [6.45, 7) is 9.67. The maximum absolute atomic E-state index is 2.69. The molecule has 0 atom stereocenters. The monoisotopic (exact) mass is 260 g/mol. The molecule has 0 N–H and O–H groups in total. The van der Waals surface area contributed by atoms with Crippen molar-refractivity contribution >= 4 is 7.26 Å². The van der Waals surface area contributed by atoms with E-state index >= 15 is 0 Å². The third-order valence-electron chi connectivity index (χ3n) is 4.15. The first kappa shape index (κ1) is 17.4. The van der Waals surface area contributed by atoms with Gasteiger partial charge in [-0.1, -0.05) is 0 Å². The first-order chi connectivity index (χ1) is 8.18. The van der Waals surface area contributed by atoms with Gasteiger partial charge in [0.25, 0.3) is 0 Å². The summed E-state index contributed by atoms with van der Waals surface area (Å²) < 4.78 is 0. The van der Waals surface area contributed by atoms with Crippen LogP contribution in [0.4, 0.5) is 0 Å². The van der Waals surface area contributed by atoms with Crippen molar-refractivity contribution in [2.24, 2.45) is 0 Å². The van der Waals surface area contributed by atoms with E-state index in [1.807, 2.05) is 0 Å². The Morgan fingerprint density at radius 2 is 0.824 bits per heavy atom. The molecule has 0 unspecified atom stereocenters. The molecule has 17 heavy (non-hydrogen) atoms. The fourth-order valence-corrected chi connectivity index (χ4v) is 6.84. The zero-order valence-electron chi connectivity index (χ0n) is 13.0. The number of rotatable bonds is 12. The molecule has 1 heteroatoms. The summed E-state index contributed by atoms with van der Waals surface area (Å²) >= 11 is 0. The molecular weight excluding hydrogens is 223 g/mol. The average molecular weight is 260 g/mol. The second-order valence-corrected chi connectivity index (χ2v) is 11.3. The molecule has 0 bridgehead atoms. The average Bonchev–Trinajstić information content (AvgIpc) is 2.30. The van der Waals surface area contributed by atoms with Crippen LogP contribution in [0.2, 0.25) is 0 Å². The van der Waals surface area contributed by atoms with E-state index in [-0.39, 0.29) is 0 Å². The van der Waals surface area contributed by atoms with Crippen LogP contribution in [0.5, 0.6) is 0 Å². The van der Waals surface area contributed by atoms with Gasteiger partial charge in [-0.2, -0.15) is 0 Å². The fraction of sp³-hybridized carbons (Fsp3) is 1.00. The van der Waals surface area contributed by atoms with Gasteiger partial charge in [0.15, 0.2) is 0 Å². The Kier molecular flexibility index (Phi) is 11.8. The Balaban J connectivity index is 3.95. The van der Waals surface area contributed by atoms with Crippen molar-refractivity contribution in [3.05, 3.63) is 0 Å². The van der Waals surface area contributed by atoms with Crippen molar-refractivity contribution in [1.29, 1.82) is 0 Å². The molecule has 0 rings (SSSR count). The van der Waals surface area contributed by atoms with Gasteiger partial charge in [-0.25, -0.2) is 0 Å². The van der Waals surface area contributed by atoms with E-state index in [2.05, 4.69) is 27.4 Å². The second kappa shape index (κ2) is 11.5. The molecule has 0 aromatic heterocycles. The fourth-order valence-electron chi connectivity index (χ4n) is 2.78. The summed E-state index contributed by atoms with van der Waals surface area (Å²) in [5, 5.41) is 0. The van der Waals surface area contributed by atoms with Crippen LogP contribution in [0.3, 0.4) is 0 Å². The molecular formula is C16H37P. The molecule has 0 heterocycles. The van der Waals surface area contributed by atoms with Gasteiger partial charge in [0.2, 0.25) is 0 Å². The Morgan fingerprint density at radius 1 is 0.529 bits per heavy atom. The van der Waals surface area contributed by atoms with E-state index < -0.39 is 7.26 Å². The molecule has 0 nitrogen and oxygen atoms in total. The topological polar surface area (TPSA) is 0 Å². The normalized spacial score (nSPS) is 12.9.